The Kier molecular flexibility index (Phi) is 1.28. The summed E-state index contributed by atoms with van der Waals surface area (Å²) in [6, 6.07) is 3.49. The van der Waals surface area contributed by atoms with Gasteiger partial charge in [0, 0.05) is 17.8 Å². The normalized spacial score (nSPS) is 11.1. The first-order valence-corrected chi connectivity index (χ1v) is 4.29. The average Bonchev–Trinajstić information content (AvgIpc) is 2.66. The molecule has 0 spiro atoms. The van der Waals surface area contributed by atoms with Crippen LogP contribution in [-0.4, -0.2) is 15.0 Å². The zero-order chi connectivity index (χ0) is 9.54. The van der Waals surface area contributed by atoms with Crippen LogP contribution in [-0.2, 0) is 0 Å². The lowest BCUT2D eigenvalue weighted by Gasteiger charge is -1.96. The van der Waals surface area contributed by atoms with Gasteiger partial charge in [-0.2, -0.15) is 0 Å². The van der Waals surface area contributed by atoms with Crippen molar-refractivity contribution in [1.82, 2.24) is 15.0 Å². The third-order valence-electron chi connectivity index (χ3n) is 2.32. The molecular weight excluding hydrogens is 178 g/mol. The van der Waals surface area contributed by atoms with E-state index in [1.165, 1.54) is 0 Å². The summed E-state index contributed by atoms with van der Waals surface area (Å²) in [5.41, 5.74) is 1.54. The molecule has 0 aliphatic heterocycles. The van der Waals surface area contributed by atoms with Crippen molar-refractivity contribution in [3.8, 4) is 0 Å². The van der Waals surface area contributed by atoms with Gasteiger partial charge in [0.05, 0.1) is 17.1 Å². The maximum atomic E-state index is 11.9. The molecule has 0 amide bonds. The Labute approximate surface area is 78.6 Å². The molecule has 4 heteroatoms. The first-order valence-electron chi connectivity index (χ1n) is 4.29. The van der Waals surface area contributed by atoms with Gasteiger partial charge in [0.2, 0.25) is 0 Å². The molecule has 2 N–H and O–H groups in total. The van der Waals surface area contributed by atoms with Crippen LogP contribution in [0.2, 0.25) is 0 Å². The quantitative estimate of drug-likeness (QED) is 0.556. The molecule has 0 saturated heterocycles. The summed E-state index contributed by atoms with van der Waals surface area (Å²) in [6.45, 7) is 0. The molecule has 3 aromatic rings. The summed E-state index contributed by atoms with van der Waals surface area (Å²) in [5, 5.41) is 1.36. The maximum Gasteiger partial charge on any atom is 0.198 e. The highest BCUT2D eigenvalue weighted by Gasteiger charge is 2.04. The van der Waals surface area contributed by atoms with Crippen LogP contribution in [0.4, 0.5) is 0 Å². The highest BCUT2D eigenvalue weighted by Crippen LogP contribution is 2.11. The van der Waals surface area contributed by atoms with Crippen LogP contribution in [0.25, 0.3) is 21.9 Å². The van der Waals surface area contributed by atoms with Crippen molar-refractivity contribution < 1.29 is 0 Å². The fourth-order valence-electron chi connectivity index (χ4n) is 1.63. The van der Waals surface area contributed by atoms with Gasteiger partial charge in [-0.05, 0) is 12.1 Å². The number of hydrogen-bond acceptors (Lipinski definition) is 2. The molecule has 0 bridgehead atoms. The Balaban J connectivity index is 2.70. The highest BCUT2D eigenvalue weighted by atomic mass is 16.1. The third-order valence-corrected chi connectivity index (χ3v) is 2.32. The lowest BCUT2D eigenvalue weighted by atomic mass is 10.2. The number of nitrogens with zero attached hydrogens (tertiary/aromatic N) is 1. The van der Waals surface area contributed by atoms with Crippen LogP contribution in [0.1, 0.15) is 0 Å². The van der Waals surface area contributed by atoms with Gasteiger partial charge in [0.25, 0.3) is 0 Å². The fraction of sp³-hybridized carbons (Fsp3) is 0. The van der Waals surface area contributed by atoms with Crippen molar-refractivity contribution in [3.63, 3.8) is 0 Å². The first kappa shape index (κ1) is 7.32. The number of rotatable bonds is 0. The van der Waals surface area contributed by atoms with E-state index < -0.39 is 0 Å². The Morgan fingerprint density at radius 3 is 3.07 bits per heavy atom. The molecule has 14 heavy (non-hydrogen) atoms. The molecule has 0 aliphatic rings. The van der Waals surface area contributed by atoms with Gasteiger partial charge < -0.3 is 9.97 Å². The smallest absolute Gasteiger partial charge is 0.198 e. The maximum absolute atomic E-state index is 11.9. The summed E-state index contributed by atoms with van der Waals surface area (Å²) < 4.78 is 0. The number of H-pyrrole nitrogens is 2. The number of aromatic nitrogens is 3. The molecule has 3 heterocycles. The van der Waals surface area contributed by atoms with Crippen LogP contribution in [0, 0.1) is 0 Å². The van der Waals surface area contributed by atoms with Crippen LogP contribution in [0.15, 0.2) is 35.5 Å². The predicted octanol–water partition coefficient (Wildman–Crippen LogP) is 1.40. The van der Waals surface area contributed by atoms with Crippen LogP contribution in [0.3, 0.4) is 0 Å². The van der Waals surface area contributed by atoms with Crippen molar-refractivity contribution in [2.45, 2.75) is 0 Å². The topological polar surface area (TPSA) is 61.5 Å². The summed E-state index contributed by atoms with van der Waals surface area (Å²) in [5.74, 6) is 0. The summed E-state index contributed by atoms with van der Waals surface area (Å²) in [6.07, 6.45) is 5.02. The van der Waals surface area contributed by atoms with Crippen molar-refractivity contribution in [2.24, 2.45) is 0 Å². The number of aromatic amines is 2. The molecule has 3 aromatic heterocycles. The zero-order valence-electron chi connectivity index (χ0n) is 7.24. The summed E-state index contributed by atoms with van der Waals surface area (Å²) in [4.78, 5) is 21.9. The van der Waals surface area contributed by atoms with Gasteiger partial charge in [-0.1, -0.05) is 0 Å². The lowest BCUT2D eigenvalue weighted by molar-refractivity contribution is 1.31. The highest BCUT2D eigenvalue weighted by molar-refractivity contribution is 5.90. The largest absolute Gasteiger partial charge is 0.348 e. The van der Waals surface area contributed by atoms with Gasteiger partial charge in [0.15, 0.2) is 5.43 Å². The summed E-state index contributed by atoms with van der Waals surface area (Å²) in [7, 11) is 0. The Hall–Kier alpha value is -2.10. The monoisotopic (exact) mass is 185 g/mol. The van der Waals surface area contributed by atoms with Crippen molar-refractivity contribution >= 4 is 21.9 Å². The molecule has 0 aliphatic carbocycles. The second-order valence-electron chi connectivity index (χ2n) is 3.14. The Morgan fingerprint density at radius 1 is 1.21 bits per heavy atom. The molecule has 0 radical (unpaired) electrons. The van der Waals surface area contributed by atoms with Gasteiger partial charge in [-0.15, -0.1) is 0 Å². The predicted molar refractivity (Wildman–Crippen MR) is 54.2 cm³/mol. The zero-order valence-corrected chi connectivity index (χ0v) is 7.24. The van der Waals surface area contributed by atoms with E-state index in [0.29, 0.717) is 10.8 Å². The Bertz CT molecular complexity index is 665. The molecule has 0 atom stereocenters. The third kappa shape index (κ3) is 0.821. The van der Waals surface area contributed by atoms with E-state index in [1.54, 1.807) is 30.7 Å². The van der Waals surface area contributed by atoms with Crippen LogP contribution >= 0.6 is 0 Å². The molecule has 0 saturated carbocycles. The number of pyridine rings is 2. The average molecular weight is 185 g/mol. The molecular formula is C10H7N3O. The minimum Gasteiger partial charge on any atom is -0.348 e. The molecule has 3 rings (SSSR count). The van der Waals surface area contributed by atoms with E-state index in [4.69, 9.17) is 0 Å². The molecule has 0 aromatic carbocycles. The van der Waals surface area contributed by atoms with Gasteiger partial charge in [0.1, 0.15) is 5.65 Å². The van der Waals surface area contributed by atoms with E-state index in [-0.39, 0.29) is 5.43 Å². The second kappa shape index (κ2) is 2.45. The standard InChI is InChI=1S/C10H7N3O/c14-9-6-1-3-11-5-8(6)13-10-7(9)2-4-12-10/h1-5H,(H2,12,13,14). The molecule has 68 valence electrons. The van der Waals surface area contributed by atoms with Crippen LogP contribution < -0.4 is 5.43 Å². The fourth-order valence-corrected chi connectivity index (χ4v) is 1.63. The molecule has 0 unspecified atom stereocenters. The van der Waals surface area contributed by atoms with Gasteiger partial charge >= 0.3 is 0 Å². The summed E-state index contributed by atoms with van der Waals surface area (Å²) >= 11 is 0. The van der Waals surface area contributed by atoms with Crippen molar-refractivity contribution in [1.29, 1.82) is 0 Å². The SMILES string of the molecule is O=c1c2ccncc2[nH]c2[nH]ccc12. The number of hydrogen-bond donors (Lipinski definition) is 2. The van der Waals surface area contributed by atoms with Crippen molar-refractivity contribution in [3.05, 3.63) is 40.9 Å². The first-order chi connectivity index (χ1) is 6.86. The number of fused-ring (bicyclic) bond motifs is 2. The second-order valence-corrected chi connectivity index (χ2v) is 3.14. The van der Waals surface area contributed by atoms with Crippen molar-refractivity contribution in [2.75, 3.05) is 0 Å². The van der Waals surface area contributed by atoms with E-state index in [1.807, 2.05) is 0 Å². The molecule has 4 nitrogen and oxygen atoms in total. The minimum atomic E-state index is 0.0393. The van der Waals surface area contributed by atoms with E-state index in [0.717, 1.165) is 11.2 Å². The van der Waals surface area contributed by atoms with Gasteiger partial charge in [-0.25, -0.2) is 0 Å². The van der Waals surface area contributed by atoms with E-state index in [2.05, 4.69) is 15.0 Å². The molecule has 0 fully saturated rings. The van der Waals surface area contributed by atoms with E-state index in [9.17, 15) is 4.79 Å². The lowest BCUT2D eigenvalue weighted by Crippen LogP contribution is -2.02. The minimum absolute atomic E-state index is 0.0393. The van der Waals surface area contributed by atoms with E-state index >= 15 is 0 Å². The van der Waals surface area contributed by atoms with Crippen LogP contribution in [0.5, 0.6) is 0 Å². The Morgan fingerprint density at radius 2 is 2.14 bits per heavy atom. The van der Waals surface area contributed by atoms with Gasteiger partial charge in [-0.3, -0.25) is 9.78 Å². The number of nitrogens with one attached hydrogen (secondary N) is 2.